The van der Waals surface area contributed by atoms with Crippen LogP contribution >= 0.6 is 0 Å². The Morgan fingerprint density at radius 2 is 2.06 bits per heavy atom. The van der Waals surface area contributed by atoms with Crippen molar-refractivity contribution in [2.45, 2.75) is 25.7 Å². The average molecular weight is 256 g/mol. The van der Waals surface area contributed by atoms with Crippen molar-refractivity contribution in [2.24, 2.45) is 0 Å². The van der Waals surface area contributed by atoms with E-state index in [4.69, 9.17) is 9.84 Å². The van der Waals surface area contributed by atoms with Crippen molar-refractivity contribution in [1.82, 2.24) is 0 Å². The van der Waals surface area contributed by atoms with Gasteiger partial charge in [0.25, 0.3) is 0 Å². The number of carbonyl (C=O) groups is 2. The molecule has 2 rings (SSSR count). The van der Waals surface area contributed by atoms with Crippen LogP contribution < -0.4 is 4.74 Å². The van der Waals surface area contributed by atoms with E-state index in [1.54, 1.807) is 0 Å². The summed E-state index contributed by atoms with van der Waals surface area (Å²) in [5.41, 5.74) is -1.65. The standard InChI is InChI=1S/C12H10F2O4/c1-12(2)6-4-7(13)5(3-8(15)16)9(14)10(6)18-11(12)17/h4H,3H2,1-2H3,(H,15,16). The first kappa shape index (κ1) is 12.5. The van der Waals surface area contributed by atoms with Gasteiger partial charge < -0.3 is 9.84 Å². The predicted molar refractivity (Wildman–Crippen MR) is 56.4 cm³/mol. The molecule has 0 spiro atoms. The van der Waals surface area contributed by atoms with Gasteiger partial charge in [-0.25, -0.2) is 8.78 Å². The summed E-state index contributed by atoms with van der Waals surface area (Å²) in [4.78, 5) is 22.0. The molecule has 1 N–H and O–H groups in total. The lowest BCUT2D eigenvalue weighted by molar-refractivity contribution is -0.137. The van der Waals surface area contributed by atoms with E-state index < -0.39 is 41.0 Å². The largest absolute Gasteiger partial charge is 0.481 e. The number of aliphatic carboxylic acids is 1. The number of esters is 1. The van der Waals surface area contributed by atoms with Gasteiger partial charge >= 0.3 is 11.9 Å². The van der Waals surface area contributed by atoms with Crippen molar-refractivity contribution in [3.63, 3.8) is 0 Å². The highest BCUT2D eigenvalue weighted by molar-refractivity contribution is 5.90. The zero-order valence-corrected chi connectivity index (χ0v) is 9.71. The Kier molecular flexibility index (Phi) is 2.61. The van der Waals surface area contributed by atoms with Gasteiger partial charge in [-0.3, -0.25) is 9.59 Å². The number of hydrogen-bond acceptors (Lipinski definition) is 3. The van der Waals surface area contributed by atoms with Crippen LogP contribution in [0.3, 0.4) is 0 Å². The second-order valence-electron chi connectivity index (χ2n) is 4.61. The minimum Gasteiger partial charge on any atom is -0.481 e. The number of ether oxygens (including phenoxy) is 1. The van der Waals surface area contributed by atoms with Gasteiger partial charge in [0.05, 0.1) is 11.8 Å². The van der Waals surface area contributed by atoms with Gasteiger partial charge in [-0.1, -0.05) is 0 Å². The van der Waals surface area contributed by atoms with Crippen molar-refractivity contribution < 1.29 is 28.2 Å². The molecule has 1 aromatic carbocycles. The van der Waals surface area contributed by atoms with Gasteiger partial charge in [0.1, 0.15) is 5.82 Å². The van der Waals surface area contributed by atoms with Gasteiger partial charge in [-0.05, 0) is 19.9 Å². The summed E-state index contributed by atoms with van der Waals surface area (Å²) in [6.45, 7) is 2.97. The van der Waals surface area contributed by atoms with Gasteiger partial charge in [-0.15, -0.1) is 0 Å². The monoisotopic (exact) mass is 256 g/mol. The molecule has 1 aliphatic heterocycles. The lowest BCUT2D eigenvalue weighted by atomic mass is 9.85. The summed E-state index contributed by atoms with van der Waals surface area (Å²) in [5, 5.41) is 8.58. The third-order valence-corrected chi connectivity index (χ3v) is 2.97. The molecule has 0 fully saturated rings. The van der Waals surface area contributed by atoms with E-state index in [-0.39, 0.29) is 11.3 Å². The van der Waals surface area contributed by atoms with E-state index in [9.17, 15) is 18.4 Å². The van der Waals surface area contributed by atoms with Crippen molar-refractivity contribution in [1.29, 1.82) is 0 Å². The second-order valence-corrected chi connectivity index (χ2v) is 4.61. The Morgan fingerprint density at radius 3 is 2.61 bits per heavy atom. The van der Waals surface area contributed by atoms with E-state index in [0.29, 0.717) is 0 Å². The molecule has 0 atom stereocenters. The van der Waals surface area contributed by atoms with Crippen LogP contribution in [0, 0.1) is 11.6 Å². The molecule has 1 aromatic rings. The maximum atomic E-state index is 13.9. The molecule has 96 valence electrons. The van der Waals surface area contributed by atoms with Crippen LogP contribution in [0.15, 0.2) is 6.07 Å². The number of carbonyl (C=O) groups excluding carboxylic acids is 1. The molecule has 4 nitrogen and oxygen atoms in total. The third kappa shape index (κ3) is 1.64. The smallest absolute Gasteiger partial charge is 0.321 e. The van der Waals surface area contributed by atoms with E-state index in [1.807, 2.05) is 0 Å². The zero-order valence-electron chi connectivity index (χ0n) is 9.71. The van der Waals surface area contributed by atoms with Gasteiger partial charge in [0.15, 0.2) is 11.6 Å². The Hall–Kier alpha value is -1.98. The summed E-state index contributed by atoms with van der Waals surface area (Å²) >= 11 is 0. The van der Waals surface area contributed by atoms with Crippen LogP contribution in [-0.4, -0.2) is 17.0 Å². The summed E-state index contributed by atoms with van der Waals surface area (Å²) in [6.07, 6.45) is -0.803. The van der Waals surface area contributed by atoms with Crippen LogP contribution in [0.25, 0.3) is 0 Å². The van der Waals surface area contributed by atoms with Crippen molar-refractivity contribution >= 4 is 11.9 Å². The number of hydrogen-bond donors (Lipinski definition) is 1. The van der Waals surface area contributed by atoms with Crippen LogP contribution in [0.1, 0.15) is 25.0 Å². The molecule has 0 bridgehead atoms. The highest BCUT2D eigenvalue weighted by Crippen LogP contribution is 2.42. The number of carboxylic acids is 1. The van der Waals surface area contributed by atoms with Crippen LogP contribution in [0.4, 0.5) is 8.78 Å². The minimum absolute atomic E-state index is 0.0941. The number of carboxylic acid groups (broad SMARTS) is 1. The highest BCUT2D eigenvalue weighted by atomic mass is 19.1. The molecule has 0 saturated carbocycles. The second kappa shape index (κ2) is 3.76. The molecule has 0 aliphatic carbocycles. The lowest BCUT2D eigenvalue weighted by Gasteiger charge is -2.13. The lowest BCUT2D eigenvalue weighted by Crippen LogP contribution is -2.25. The fourth-order valence-corrected chi connectivity index (χ4v) is 1.85. The van der Waals surface area contributed by atoms with Crippen molar-refractivity contribution in [3.8, 4) is 5.75 Å². The maximum absolute atomic E-state index is 13.9. The Labute approximate surface area is 101 Å². The first-order valence-corrected chi connectivity index (χ1v) is 5.20. The Bertz CT molecular complexity index is 564. The molecule has 0 aromatic heterocycles. The topological polar surface area (TPSA) is 63.6 Å². The quantitative estimate of drug-likeness (QED) is 0.647. The number of halogens is 2. The normalized spacial score (nSPS) is 16.3. The van der Waals surface area contributed by atoms with Crippen molar-refractivity contribution in [3.05, 3.63) is 28.8 Å². The number of fused-ring (bicyclic) bond motifs is 1. The first-order valence-electron chi connectivity index (χ1n) is 5.20. The molecule has 0 amide bonds. The van der Waals surface area contributed by atoms with Crippen LogP contribution in [0.5, 0.6) is 5.75 Å². The molecule has 1 heterocycles. The zero-order chi connectivity index (χ0) is 13.7. The highest BCUT2D eigenvalue weighted by Gasteiger charge is 2.44. The molecule has 18 heavy (non-hydrogen) atoms. The average Bonchev–Trinajstić information content (AvgIpc) is 2.47. The summed E-state index contributed by atoms with van der Waals surface area (Å²) < 4.78 is 32.4. The molecule has 0 unspecified atom stereocenters. The molecule has 6 heteroatoms. The summed E-state index contributed by atoms with van der Waals surface area (Å²) in [5.74, 6) is -4.53. The SMILES string of the molecule is CC1(C)C(=O)Oc2c1cc(F)c(CC(=O)O)c2F. The number of benzene rings is 1. The number of rotatable bonds is 2. The van der Waals surface area contributed by atoms with E-state index in [0.717, 1.165) is 6.07 Å². The molecular formula is C12H10F2O4. The van der Waals surface area contributed by atoms with Crippen LogP contribution in [-0.2, 0) is 21.4 Å². The fraction of sp³-hybridized carbons (Fsp3) is 0.333. The van der Waals surface area contributed by atoms with Gasteiger partial charge in [0.2, 0.25) is 0 Å². The molecule has 1 aliphatic rings. The Morgan fingerprint density at radius 1 is 1.44 bits per heavy atom. The third-order valence-electron chi connectivity index (χ3n) is 2.97. The minimum atomic E-state index is -1.36. The summed E-state index contributed by atoms with van der Waals surface area (Å²) in [7, 11) is 0. The van der Waals surface area contributed by atoms with Crippen LogP contribution in [0.2, 0.25) is 0 Å². The van der Waals surface area contributed by atoms with Gasteiger partial charge in [0, 0.05) is 11.1 Å². The molecule has 0 radical (unpaired) electrons. The predicted octanol–water partition coefficient (Wildman–Crippen LogP) is 1.79. The van der Waals surface area contributed by atoms with E-state index in [1.165, 1.54) is 13.8 Å². The Balaban J connectivity index is 2.64. The maximum Gasteiger partial charge on any atom is 0.321 e. The molecule has 0 saturated heterocycles. The van der Waals surface area contributed by atoms with Gasteiger partial charge in [-0.2, -0.15) is 0 Å². The summed E-state index contributed by atoms with van der Waals surface area (Å²) in [6, 6.07) is 0.960. The van der Waals surface area contributed by atoms with E-state index in [2.05, 4.69) is 0 Å². The van der Waals surface area contributed by atoms with Crippen molar-refractivity contribution in [2.75, 3.05) is 0 Å². The fourth-order valence-electron chi connectivity index (χ4n) is 1.85. The first-order chi connectivity index (χ1) is 8.25. The van der Waals surface area contributed by atoms with E-state index >= 15 is 0 Å². The molecular weight excluding hydrogens is 246 g/mol.